The predicted octanol–water partition coefficient (Wildman–Crippen LogP) is 2.63. The van der Waals surface area contributed by atoms with Gasteiger partial charge in [-0.1, -0.05) is 21.0 Å². The van der Waals surface area contributed by atoms with Crippen molar-refractivity contribution < 1.29 is 9.52 Å². The van der Waals surface area contributed by atoms with Gasteiger partial charge in [0, 0.05) is 10.2 Å². The number of halogens is 1. The van der Waals surface area contributed by atoms with E-state index in [0.717, 1.165) is 10.2 Å². The maximum atomic E-state index is 9.21. The van der Waals surface area contributed by atoms with Crippen LogP contribution in [0.3, 0.4) is 0 Å². The van der Waals surface area contributed by atoms with Crippen LogP contribution in [0.15, 0.2) is 33.2 Å². The van der Waals surface area contributed by atoms with E-state index in [1.165, 1.54) is 0 Å². The second-order valence-corrected chi connectivity index (χ2v) is 4.17. The van der Waals surface area contributed by atoms with E-state index in [4.69, 9.17) is 4.42 Å². The van der Waals surface area contributed by atoms with E-state index in [0.29, 0.717) is 0 Å². The fourth-order valence-electron chi connectivity index (χ4n) is 1.11. The van der Waals surface area contributed by atoms with Crippen molar-refractivity contribution in [2.45, 2.75) is 13.0 Å². The van der Waals surface area contributed by atoms with Gasteiger partial charge in [-0.05, 0) is 31.2 Å². The second kappa shape index (κ2) is 4.63. The molecule has 0 spiro atoms. The van der Waals surface area contributed by atoms with Crippen LogP contribution in [0.25, 0.3) is 0 Å². The minimum Gasteiger partial charge on any atom is -0.405 e. The first-order chi connectivity index (χ1) is 7.65. The summed E-state index contributed by atoms with van der Waals surface area (Å²) in [7, 11) is 0. The van der Waals surface area contributed by atoms with E-state index in [1.54, 1.807) is 6.92 Å². The van der Waals surface area contributed by atoms with Crippen molar-refractivity contribution in [2.24, 2.45) is 0 Å². The first kappa shape index (κ1) is 11.1. The molecule has 0 aliphatic carbocycles. The summed E-state index contributed by atoms with van der Waals surface area (Å²) in [6.45, 7) is 1.57. The summed E-state index contributed by atoms with van der Waals surface area (Å²) in [4.78, 5) is 0. The summed E-state index contributed by atoms with van der Waals surface area (Å²) in [5, 5.41) is 19.6. The molecule has 84 valence electrons. The van der Waals surface area contributed by atoms with E-state index in [9.17, 15) is 5.11 Å². The van der Waals surface area contributed by atoms with Crippen molar-refractivity contribution in [1.29, 1.82) is 0 Å². The van der Waals surface area contributed by atoms with Gasteiger partial charge in [-0.15, -0.1) is 5.10 Å². The molecule has 0 aliphatic rings. The Balaban J connectivity index is 2.11. The number of nitrogens with one attached hydrogen (secondary N) is 1. The molecule has 1 heterocycles. The molecule has 2 N–H and O–H groups in total. The topological polar surface area (TPSA) is 71.2 Å². The molecule has 16 heavy (non-hydrogen) atoms. The molecule has 0 saturated carbocycles. The van der Waals surface area contributed by atoms with Gasteiger partial charge in [-0.2, -0.15) is 0 Å². The lowest BCUT2D eigenvalue weighted by atomic mass is 10.3. The number of aromatic nitrogens is 2. The van der Waals surface area contributed by atoms with Gasteiger partial charge in [-0.3, -0.25) is 0 Å². The molecule has 1 aromatic carbocycles. The lowest BCUT2D eigenvalue weighted by molar-refractivity contribution is 0.164. The number of hydrogen-bond donors (Lipinski definition) is 2. The number of aliphatic hydroxyl groups is 1. The lowest BCUT2D eigenvalue weighted by Gasteiger charge is -2.00. The highest BCUT2D eigenvalue weighted by atomic mass is 79.9. The summed E-state index contributed by atoms with van der Waals surface area (Å²) >= 11 is 3.34. The van der Waals surface area contributed by atoms with Crippen LogP contribution in [0.5, 0.6) is 0 Å². The molecule has 0 bridgehead atoms. The molecule has 0 saturated heterocycles. The molecule has 6 heteroatoms. The van der Waals surface area contributed by atoms with E-state index in [2.05, 4.69) is 31.4 Å². The van der Waals surface area contributed by atoms with E-state index in [-0.39, 0.29) is 11.9 Å². The Morgan fingerprint density at radius 3 is 2.56 bits per heavy atom. The Kier molecular flexibility index (Phi) is 3.21. The molecule has 1 atom stereocenters. The van der Waals surface area contributed by atoms with Crippen molar-refractivity contribution in [3.63, 3.8) is 0 Å². The summed E-state index contributed by atoms with van der Waals surface area (Å²) < 4.78 is 6.18. The smallest absolute Gasteiger partial charge is 0.320 e. The SMILES string of the molecule is CC(O)c1nnc(Nc2ccc(Br)cc2)o1. The summed E-state index contributed by atoms with van der Waals surface area (Å²) in [6, 6.07) is 7.80. The normalized spacial score (nSPS) is 12.4. The average molecular weight is 284 g/mol. The van der Waals surface area contributed by atoms with Gasteiger partial charge >= 0.3 is 6.01 Å². The number of rotatable bonds is 3. The zero-order valence-electron chi connectivity index (χ0n) is 8.51. The fourth-order valence-corrected chi connectivity index (χ4v) is 1.37. The van der Waals surface area contributed by atoms with E-state index >= 15 is 0 Å². The minimum absolute atomic E-state index is 0.194. The quantitative estimate of drug-likeness (QED) is 0.906. The maximum Gasteiger partial charge on any atom is 0.320 e. The molecule has 0 amide bonds. The number of hydrogen-bond acceptors (Lipinski definition) is 5. The maximum absolute atomic E-state index is 9.21. The standard InChI is InChI=1S/C10H10BrN3O2/c1-6(15)9-13-14-10(16-9)12-8-4-2-7(11)3-5-8/h2-6,15H,1H3,(H,12,14). The Hall–Kier alpha value is -1.40. The third-order valence-corrected chi connectivity index (χ3v) is 2.42. The molecule has 0 radical (unpaired) electrons. The van der Waals surface area contributed by atoms with E-state index in [1.807, 2.05) is 24.3 Å². The van der Waals surface area contributed by atoms with Crippen molar-refractivity contribution >= 4 is 27.6 Å². The van der Waals surface area contributed by atoms with Gasteiger partial charge in [0.1, 0.15) is 6.10 Å². The van der Waals surface area contributed by atoms with Gasteiger partial charge in [0.05, 0.1) is 0 Å². The van der Waals surface area contributed by atoms with Crippen molar-refractivity contribution in [3.05, 3.63) is 34.6 Å². The van der Waals surface area contributed by atoms with Crippen LogP contribution < -0.4 is 5.32 Å². The number of aliphatic hydroxyl groups excluding tert-OH is 1. The summed E-state index contributed by atoms with van der Waals surface area (Å²) in [6.07, 6.45) is -0.757. The van der Waals surface area contributed by atoms with Crippen LogP contribution in [0.1, 0.15) is 18.9 Å². The molecule has 2 rings (SSSR count). The molecule has 0 fully saturated rings. The number of nitrogens with zero attached hydrogens (tertiary/aromatic N) is 2. The minimum atomic E-state index is -0.757. The predicted molar refractivity (Wildman–Crippen MR) is 62.4 cm³/mol. The van der Waals surface area contributed by atoms with Crippen LogP contribution >= 0.6 is 15.9 Å². The number of benzene rings is 1. The van der Waals surface area contributed by atoms with Gasteiger partial charge in [0.25, 0.3) is 0 Å². The monoisotopic (exact) mass is 283 g/mol. The Morgan fingerprint density at radius 1 is 1.31 bits per heavy atom. The van der Waals surface area contributed by atoms with Crippen molar-refractivity contribution in [3.8, 4) is 0 Å². The lowest BCUT2D eigenvalue weighted by Crippen LogP contribution is -1.89. The first-order valence-electron chi connectivity index (χ1n) is 4.69. The second-order valence-electron chi connectivity index (χ2n) is 3.25. The molecule has 2 aromatic rings. The van der Waals surface area contributed by atoms with Crippen molar-refractivity contribution in [2.75, 3.05) is 5.32 Å². The fraction of sp³-hybridized carbons (Fsp3) is 0.200. The Labute approximate surface area is 101 Å². The zero-order chi connectivity index (χ0) is 11.5. The zero-order valence-corrected chi connectivity index (χ0v) is 10.1. The van der Waals surface area contributed by atoms with Crippen molar-refractivity contribution in [1.82, 2.24) is 10.2 Å². The Morgan fingerprint density at radius 2 is 2.00 bits per heavy atom. The largest absolute Gasteiger partial charge is 0.405 e. The van der Waals surface area contributed by atoms with Gasteiger partial charge in [0.2, 0.25) is 5.89 Å². The molecular formula is C10H10BrN3O2. The average Bonchev–Trinajstić information content (AvgIpc) is 2.70. The van der Waals surface area contributed by atoms with E-state index < -0.39 is 6.10 Å². The third kappa shape index (κ3) is 2.59. The van der Waals surface area contributed by atoms with Crippen LogP contribution in [-0.4, -0.2) is 15.3 Å². The third-order valence-electron chi connectivity index (χ3n) is 1.89. The van der Waals surface area contributed by atoms with Gasteiger partial charge in [0.15, 0.2) is 0 Å². The Bertz CT molecular complexity index is 467. The summed E-state index contributed by atoms with van der Waals surface area (Å²) in [5.41, 5.74) is 0.837. The molecule has 1 unspecified atom stereocenters. The molecular weight excluding hydrogens is 274 g/mol. The van der Waals surface area contributed by atoms with Crippen LogP contribution in [-0.2, 0) is 0 Å². The van der Waals surface area contributed by atoms with Crippen LogP contribution in [0, 0.1) is 0 Å². The molecule has 5 nitrogen and oxygen atoms in total. The van der Waals surface area contributed by atoms with Crippen LogP contribution in [0.4, 0.5) is 11.7 Å². The summed E-state index contributed by atoms with van der Waals surface area (Å²) in [5.74, 6) is 0.194. The number of anilines is 2. The highest BCUT2D eigenvalue weighted by Gasteiger charge is 2.10. The van der Waals surface area contributed by atoms with Gasteiger partial charge < -0.3 is 14.8 Å². The van der Waals surface area contributed by atoms with Crippen LogP contribution in [0.2, 0.25) is 0 Å². The highest BCUT2D eigenvalue weighted by Crippen LogP contribution is 2.19. The molecule has 1 aromatic heterocycles. The highest BCUT2D eigenvalue weighted by molar-refractivity contribution is 9.10. The van der Waals surface area contributed by atoms with Gasteiger partial charge in [-0.25, -0.2) is 0 Å². The molecule has 0 aliphatic heterocycles. The first-order valence-corrected chi connectivity index (χ1v) is 5.48.